The van der Waals surface area contributed by atoms with Gasteiger partial charge in [-0.3, -0.25) is 9.69 Å². The normalized spacial score (nSPS) is 28.0. The van der Waals surface area contributed by atoms with Crippen LogP contribution in [-0.2, 0) is 11.0 Å². The Hall–Kier alpha value is -3.32. The molecule has 242 valence electrons. The Kier molecular flexibility index (Phi) is 9.02. The third-order valence-electron chi connectivity index (χ3n) is 10.7. The highest BCUT2D eigenvalue weighted by atomic mass is 19.4. The Labute approximate surface area is 262 Å². The lowest BCUT2D eigenvalue weighted by Gasteiger charge is -2.33. The highest BCUT2D eigenvalue weighted by molar-refractivity contribution is 5.88. The molecule has 45 heavy (non-hydrogen) atoms. The van der Waals surface area contributed by atoms with E-state index in [1.807, 2.05) is 17.0 Å². The number of carbonyl (C=O) groups is 1. The van der Waals surface area contributed by atoms with Crippen LogP contribution in [0, 0.1) is 17.2 Å². The van der Waals surface area contributed by atoms with E-state index in [1.165, 1.54) is 12.1 Å². The van der Waals surface area contributed by atoms with Crippen molar-refractivity contribution in [2.24, 2.45) is 5.92 Å². The molecule has 0 N–H and O–H groups in total. The molecule has 10 heteroatoms. The summed E-state index contributed by atoms with van der Waals surface area (Å²) in [5.41, 5.74) is -0.909. The van der Waals surface area contributed by atoms with Crippen LogP contribution in [0.25, 0.3) is 0 Å². The number of amides is 1. The van der Waals surface area contributed by atoms with Gasteiger partial charge in [0.1, 0.15) is 5.75 Å². The minimum Gasteiger partial charge on any atom is -0.497 e. The molecule has 0 unspecified atom stereocenters. The van der Waals surface area contributed by atoms with Crippen LogP contribution < -0.4 is 9.64 Å². The van der Waals surface area contributed by atoms with Crippen LogP contribution in [0.15, 0.2) is 42.5 Å². The van der Waals surface area contributed by atoms with Gasteiger partial charge in [-0.2, -0.15) is 18.4 Å². The molecule has 0 bridgehead atoms. The molecule has 4 fully saturated rings. The number of carbonyl (C=O) groups excluding carboxylic acids is 1. The van der Waals surface area contributed by atoms with Crippen molar-refractivity contribution in [3.05, 3.63) is 59.2 Å². The van der Waals surface area contributed by atoms with Gasteiger partial charge in [-0.05, 0) is 73.4 Å². The predicted octanol–water partition coefficient (Wildman–Crippen LogP) is 6.91. The number of methoxy groups -OCH3 is 1. The van der Waals surface area contributed by atoms with E-state index in [4.69, 9.17) is 4.74 Å². The van der Waals surface area contributed by atoms with Crippen molar-refractivity contribution in [2.75, 3.05) is 51.3 Å². The third kappa shape index (κ3) is 6.25. The molecule has 0 aromatic heterocycles. The Morgan fingerprint density at radius 2 is 1.71 bits per heavy atom. The lowest BCUT2D eigenvalue weighted by atomic mass is 9.85. The molecule has 1 saturated carbocycles. The fourth-order valence-corrected chi connectivity index (χ4v) is 8.24. The summed E-state index contributed by atoms with van der Waals surface area (Å²) in [4.78, 5) is 20.1. The van der Waals surface area contributed by atoms with Gasteiger partial charge in [-0.15, -0.1) is 0 Å². The highest BCUT2D eigenvalue weighted by Gasteiger charge is 2.57. The molecule has 3 aliphatic heterocycles. The van der Waals surface area contributed by atoms with Crippen molar-refractivity contribution in [1.82, 2.24) is 9.80 Å². The van der Waals surface area contributed by atoms with E-state index >= 15 is 4.39 Å². The maximum Gasteiger partial charge on any atom is 0.416 e. The number of likely N-dealkylation sites (tertiary alicyclic amines) is 2. The summed E-state index contributed by atoms with van der Waals surface area (Å²) in [5, 5.41) is 9.73. The molecule has 0 radical (unpaired) electrons. The van der Waals surface area contributed by atoms with Gasteiger partial charge in [0.15, 0.2) is 0 Å². The average Bonchev–Trinajstić information content (AvgIpc) is 3.80. The quantitative estimate of drug-likeness (QED) is 0.313. The van der Waals surface area contributed by atoms with E-state index < -0.39 is 29.2 Å². The van der Waals surface area contributed by atoms with E-state index in [-0.39, 0.29) is 43.9 Å². The van der Waals surface area contributed by atoms with Gasteiger partial charge < -0.3 is 14.5 Å². The number of benzene rings is 2. The van der Waals surface area contributed by atoms with Crippen molar-refractivity contribution in [3.63, 3.8) is 0 Å². The maximum atomic E-state index is 17.5. The lowest BCUT2D eigenvalue weighted by Crippen LogP contribution is -2.50. The fourth-order valence-electron chi connectivity index (χ4n) is 8.24. The van der Waals surface area contributed by atoms with Crippen LogP contribution >= 0.6 is 0 Å². The van der Waals surface area contributed by atoms with Crippen molar-refractivity contribution < 1.29 is 27.1 Å². The van der Waals surface area contributed by atoms with Crippen LogP contribution in [0.4, 0.5) is 23.2 Å². The van der Waals surface area contributed by atoms with Crippen LogP contribution in [0.1, 0.15) is 79.9 Å². The van der Waals surface area contributed by atoms with Crippen LogP contribution in [0.5, 0.6) is 5.75 Å². The molecule has 4 atom stereocenters. The van der Waals surface area contributed by atoms with E-state index in [0.717, 1.165) is 56.6 Å². The molecule has 3 heterocycles. The lowest BCUT2D eigenvalue weighted by molar-refractivity contribution is -0.143. The van der Waals surface area contributed by atoms with E-state index in [2.05, 4.69) is 11.0 Å². The molecule has 1 amide bonds. The summed E-state index contributed by atoms with van der Waals surface area (Å²) in [6.07, 6.45) is 2.62. The number of anilines is 1. The SMILES string of the molecule is COc1ccc([C@@H]2CN(C3CCCC3)C[C@@]2(F)C(=O)N2C[C@H](CC#N)[C@@H](c3ccc(C(F)(F)F)cc3N3CCCCC3)C2)cc1. The monoisotopic (exact) mass is 626 g/mol. The highest BCUT2D eigenvalue weighted by Crippen LogP contribution is 2.47. The summed E-state index contributed by atoms with van der Waals surface area (Å²) < 4.78 is 64.3. The first-order chi connectivity index (χ1) is 21.6. The number of hydrogen-bond acceptors (Lipinski definition) is 5. The molecule has 4 aliphatic rings. The summed E-state index contributed by atoms with van der Waals surface area (Å²) >= 11 is 0. The number of alkyl halides is 4. The van der Waals surface area contributed by atoms with Gasteiger partial charge in [0, 0.05) is 69.3 Å². The number of nitrogens with zero attached hydrogens (tertiary/aromatic N) is 4. The molecule has 2 aromatic carbocycles. The first-order valence-corrected chi connectivity index (χ1v) is 16.3. The zero-order chi connectivity index (χ0) is 31.8. The standard InChI is InChI=1S/C35H42F4N4O2/c1-45-28-12-9-24(10-13-28)31-22-43(27-7-3-4-8-27)23-34(31,36)33(44)42-20-25(15-16-40)30(21-42)29-14-11-26(35(37,38)39)19-32(29)41-17-5-2-6-18-41/h9-14,19,25,27,30-31H,2-8,15,17-18,20-23H2,1H3/t25-,30-,31-,34-/m0/s1. The fraction of sp³-hybridized carbons (Fsp3) is 0.600. The van der Waals surface area contributed by atoms with Gasteiger partial charge in [0.25, 0.3) is 5.91 Å². The molecule has 6 rings (SSSR count). The van der Waals surface area contributed by atoms with Crippen LogP contribution in [0.3, 0.4) is 0 Å². The smallest absolute Gasteiger partial charge is 0.416 e. The van der Waals surface area contributed by atoms with Crippen LogP contribution in [0.2, 0.25) is 0 Å². The first kappa shape index (κ1) is 31.7. The van der Waals surface area contributed by atoms with Gasteiger partial charge >= 0.3 is 6.18 Å². The minimum absolute atomic E-state index is 0.0105. The second kappa shape index (κ2) is 12.8. The number of halogens is 4. The molecular weight excluding hydrogens is 584 g/mol. The summed E-state index contributed by atoms with van der Waals surface area (Å²) in [6, 6.07) is 13.6. The topological polar surface area (TPSA) is 59.8 Å². The van der Waals surface area contributed by atoms with E-state index in [9.17, 15) is 23.2 Å². The third-order valence-corrected chi connectivity index (χ3v) is 10.7. The van der Waals surface area contributed by atoms with Gasteiger partial charge in [0.2, 0.25) is 5.67 Å². The van der Waals surface area contributed by atoms with E-state index in [1.54, 1.807) is 24.1 Å². The summed E-state index contributed by atoms with van der Waals surface area (Å²) in [5.74, 6) is -1.28. The molecule has 1 aliphatic carbocycles. The Bertz CT molecular complexity index is 1400. The maximum absolute atomic E-state index is 17.5. The van der Waals surface area contributed by atoms with Gasteiger partial charge in [-0.1, -0.05) is 31.0 Å². The predicted molar refractivity (Wildman–Crippen MR) is 164 cm³/mol. The molecule has 2 aromatic rings. The zero-order valence-electron chi connectivity index (χ0n) is 25.9. The summed E-state index contributed by atoms with van der Waals surface area (Å²) in [7, 11) is 1.57. The van der Waals surface area contributed by atoms with Gasteiger partial charge in [0.05, 0.1) is 18.7 Å². The number of piperidine rings is 1. The molecule has 0 spiro atoms. The number of rotatable bonds is 7. The minimum atomic E-state index is -4.49. The molecule has 6 nitrogen and oxygen atoms in total. The van der Waals surface area contributed by atoms with E-state index in [0.29, 0.717) is 36.6 Å². The Balaban J connectivity index is 1.32. The first-order valence-electron chi connectivity index (χ1n) is 16.3. The van der Waals surface area contributed by atoms with Gasteiger partial charge in [-0.25, -0.2) is 4.39 Å². The number of ether oxygens (including phenoxy) is 1. The van der Waals surface area contributed by atoms with Crippen molar-refractivity contribution >= 4 is 11.6 Å². The van der Waals surface area contributed by atoms with Crippen molar-refractivity contribution in [1.29, 1.82) is 5.26 Å². The average molecular weight is 627 g/mol. The zero-order valence-corrected chi connectivity index (χ0v) is 25.9. The second-order valence-corrected chi connectivity index (χ2v) is 13.3. The largest absolute Gasteiger partial charge is 0.497 e. The Morgan fingerprint density at radius 1 is 1.00 bits per heavy atom. The summed E-state index contributed by atoms with van der Waals surface area (Å²) in [6.45, 7) is 2.12. The molecule has 3 saturated heterocycles. The molecular formula is C35H42F4N4O2. The number of hydrogen-bond donors (Lipinski definition) is 0. The second-order valence-electron chi connectivity index (χ2n) is 13.3. The Morgan fingerprint density at radius 3 is 2.36 bits per heavy atom. The van der Waals surface area contributed by atoms with Crippen molar-refractivity contribution in [3.8, 4) is 11.8 Å². The van der Waals surface area contributed by atoms with Crippen molar-refractivity contribution in [2.45, 2.75) is 81.1 Å². The number of nitriles is 1. The van der Waals surface area contributed by atoms with Crippen LogP contribution in [-0.4, -0.2) is 73.8 Å².